The minimum Gasteiger partial charge on any atom is -0.493 e. The molecule has 0 bridgehead atoms. The van der Waals surface area contributed by atoms with Gasteiger partial charge in [-0.25, -0.2) is 0 Å². The number of rotatable bonds is 9. The zero-order valence-electron chi connectivity index (χ0n) is 18.6. The van der Waals surface area contributed by atoms with E-state index in [0.29, 0.717) is 30.9 Å². The second-order valence-electron chi connectivity index (χ2n) is 8.14. The van der Waals surface area contributed by atoms with Crippen molar-refractivity contribution in [2.24, 2.45) is 0 Å². The maximum Gasteiger partial charge on any atom is 0.248 e. The number of likely N-dealkylation sites (N-methyl/N-ethyl adjacent to an activating group) is 1. The first kappa shape index (κ1) is 22.0. The van der Waals surface area contributed by atoms with E-state index in [1.54, 1.807) is 6.08 Å². The van der Waals surface area contributed by atoms with Crippen LogP contribution >= 0.6 is 0 Å². The molecule has 0 spiro atoms. The first-order chi connectivity index (χ1) is 15.6. The highest BCUT2D eigenvalue weighted by Crippen LogP contribution is 2.26. The van der Waals surface area contributed by atoms with Gasteiger partial charge in [0.1, 0.15) is 5.75 Å². The van der Waals surface area contributed by atoms with Crippen LogP contribution in [0, 0.1) is 0 Å². The molecule has 1 aliphatic heterocycles. The Morgan fingerprint density at radius 1 is 1.09 bits per heavy atom. The molecule has 1 fully saturated rings. The van der Waals surface area contributed by atoms with E-state index in [1.165, 1.54) is 12.1 Å². The molecule has 0 saturated carbocycles. The number of nitrogens with zero attached hydrogens (tertiary/aromatic N) is 4. The SMILES string of the molecule is CN(C)C1CCN(c2ccc(-c3nnc(/C=C/c4ccc(OCCCF)cc4)o3)cc2)C1. The number of aromatic nitrogens is 2. The zero-order chi connectivity index (χ0) is 22.3. The number of halogens is 1. The molecule has 0 aliphatic carbocycles. The maximum absolute atomic E-state index is 12.1. The maximum atomic E-state index is 12.1. The van der Waals surface area contributed by atoms with Crippen LogP contribution in [0.5, 0.6) is 5.75 Å². The summed E-state index contributed by atoms with van der Waals surface area (Å²) in [6.07, 6.45) is 5.28. The van der Waals surface area contributed by atoms with Crippen LogP contribution in [0.4, 0.5) is 10.1 Å². The minimum atomic E-state index is -0.368. The smallest absolute Gasteiger partial charge is 0.248 e. The van der Waals surface area contributed by atoms with E-state index in [1.807, 2.05) is 42.5 Å². The Hall–Kier alpha value is -3.19. The molecule has 2 heterocycles. The van der Waals surface area contributed by atoms with E-state index in [9.17, 15) is 4.39 Å². The fourth-order valence-corrected chi connectivity index (χ4v) is 3.72. The highest BCUT2D eigenvalue weighted by Gasteiger charge is 2.24. The van der Waals surface area contributed by atoms with E-state index in [-0.39, 0.29) is 6.67 Å². The highest BCUT2D eigenvalue weighted by molar-refractivity contribution is 5.67. The molecule has 4 rings (SSSR count). The average Bonchev–Trinajstić information content (AvgIpc) is 3.49. The Balaban J connectivity index is 1.35. The van der Waals surface area contributed by atoms with Crippen molar-refractivity contribution in [1.82, 2.24) is 15.1 Å². The fraction of sp³-hybridized carbons (Fsp3) is 0.360. The van der Waals surface area contributed by atoms with Crippen LogP contribution < -0.4 is 9.64 Å². The van der Waals surface area contributed by atoms with E-state index < -0.39 is 0 Å². The molecule has 168 valence electrons. The first-order valence-electron chi connectivity index (χ1n) is 10.9. The lowest BCUT2D eigenvalue weighted by atomic mass is 10.2. The van der Waals surface area contributed by atoms with Gasteiger partial charge in [-0.05, 0) is 68.6 Å². The Kier molecular flexibility index (Phi) is 7.17. The lowest BCUT2D eigenvalue weighted by Crippen LogP contribution is -2.31. The normalized spacial score (nSPS) is 16.4. The number of hydrogen-bond acceptors (Lipinski definition) is 6. The Morgan fingerprint density at radius 3 is 2.56 bits per heavy atom. The highest BCUT2D eigenvalue weighted by atomic mass is 19.1. The van der Waals surface area contributed by atoms with Crippen LogP contribution in [-0.4, -0.2) is 61.6 Å². The largest absolute Gasteiger partial charge is 0.493 e. The molecule has 0 amide bonds. The Morgan fingerprint density at radius 2 is 1.88 bits per heavy atom. The van der Waals surface area contributed by atoms with Gasteiger partial charge in [-0.2, -0.15) is 0 Å². The minimum absolute atomic E-state index is 0.368. The number of ether oxygens (including phenoxy) is 1. The van der Waals surface area contributed by atoms with E-state index in [4.69, 9.17) is 9.15 Å². The van der Waals surface area contributed by atoms with Crippen LogP contribution in [0.1, 0.15) is 24.3 Å². The standard InChI is InChI=1S/C25H29FN4O2/c1-29(2)22-14-16-30(18-22)21-9-7-20(8-10-21)25-28-27-24(32-25)13-6-19-4-11-23(12-5-19)31-17-3-15-26/h4-13,22H,3,14-18H2,1-2H3/b13-6+. The molecule has 2 aromatic carbocycles. The van der Waals surface area contributed by atoms with Crippen molar-refractivity contribution in [3.8, 4) is 17.2 Å². The van der Waals surface area contributed by atoms with E-state index >= 15 is 0 Å². The molecule has 1 saturated heterocycles. The number of benzene rings is 2. The number of alkyl halides is 1. The van der Waals surface area contributed by atoms with Crippen molar-refractivity contribution in [3.05, 3.63) is 60.0 Å². The molecular formula is C25H29FN4O2. The predicted octanol–water partition coefficient (Wildman–Crippen LogP) is 4.79. The third kappa shape index (κ3) is 5.53. The quantitative estimate of drug-likeness (QED) is 0.450. The predicted molar refractivity (Wildman–Crippen MR) is 125 cm³/mol. The van der Waals surface area contributed by atoms with E-state index in [2.05, 4.69) is 46.2 Å². The lowest BCUT2D eigenvalue weighted by Gasteiger charge is -2.21. The van der Waals surface area contributed by atoms with Crippen molar-refractivity contribution in [2.45, 2.75) is 18.9 Å². The van der Waals surface area contributed by atoms with Gasteiger partial charge in [0.25, 0.3) is 0 Å². The van der Waals surface area contributed by atoms with Crippen molar-refractivity contribution in [3.63, 3.8) is 0 Å². The Bertz CT molecular complexity index is 1020. The van der Waals surface area contributed by atoms with Gasteiger partial charge in [0, 0.05) is 42.9 Å². The fourth-order valence-electron chi connectivity index (χ4n) is 3.72. The Labute approximate surface area is 188 Å². The summed E-state index contributed by atoms with van der Waals surface area (Å²) >= 11 is 0. The molecule has 0 N–H and O–H groups in total. The molecule has 6 nitrogen and oxygen atoms in total. The summed E-state index contributed by atoms with van der Waals surface area (Å²) in [6.45, 7) is 2.13. The van der Waals surface area contributed by atoms with Gasteiger partial charge < -0.3 is 19.0 Å². The third-order valence-corrected chi connectivity index (χ3v) is 5.66. The molecule has 1 unspecified atom stereocenters. The van der Waals surface area contributed by atoms with Gasteiger partial charge in [0.15, 0.2) is 0 Å². The van der Waals surface area contributed by atoms with Gasteiger partial charge in [0.2, 0.25) is 11.8 Å². The molecular weight excluding hydrogens is 407 g/mol. The van der Waals surface area contributed by atoms with Gasteiger partial charge in [-0.15, -0.1) is 10.2 Å². The third-order valence-electron chi connectivity index (χ3n) is 5.66. The van der Waals surface area contributed by atoms with E-state index in [0.717, 1.165) is 30.0 Å². The summed E-state index contributed by atoms with van der Waals surface area (Å²) in [5, 5.41) is 8.30. The first-order valence-corrected chi connectivity index (χ1v) is 10.9. The summed E-state index contributed by atoms with van der Waals surface area (Å²) in [4.78, 5) is 4.70. The second-order valence-corrected chi connectivity index (χ2v) is 8.14. The summed E-state index contributed by atoms with van der Waals surface area (Å²) in [6, 6.07) is 16.5. The van der Waals surface area contributed by atoms with Crippen LogP contribution in [0.15, 0.2) is 52.9 Å². The number of hydrogen-bond donors (Lipinski definition) is 0. The topological polar surface area (TPSA) is 54.6 Å². The zero-order valence-corrected chi connectivity index (χ0v) is 18.6. The van der Waals surface area contributed by atoms with Gasteiger partial charge in [0.05, 0.1) is 13.3 Å². The average molecular weight is 437 g/mol. The summed E-state index contributed by atoms with van der Waals surface area (Å²) in [7, 11) is 4.28. The van der Waals surface area contributed by atoms with Crippen molar-refractivity contribution < 1.29 is 13.5 Å². The molecule has 1 aliphatic rings. The lowest BCUT2D eigenvalue weighted by molar-refractivity contribution is 0.289. The summed E-state index contributed by atoms with van der Waals surface area (Å²) in [5.41, 5.74) is 3.10. The van der Waals surface area contributed by atoms with Gasteiger partial charge >= 0.3 is 0 Å². The van der Waals surface area contributed by atoms with Crippen molar-refractivity contribution in [2.75, 3.05) is 45.4 Å². The summed E-state index contributed by atoms with van der Waals surface area (Å²) < 4.78 is 23.4. The number of anilines is 1. The summed E-state index contributed by atoms with van der Waals surface area (Å²) in [5.74, 6) is 1.67. The second kappa shape index (κ2) is 10.4. The molecule has 0 radical (unpaired) electrons. The molecule has 1 aromatic heterocycles. The van der Waals surface area contributed by atoms with Gasteiger partial charge in [-0.1, -0.05) is 12.1 Å². The van der Waals surface area contributed by atoms with Crippen molar-refractivity contribution >= 4 is 17.8 Å². The molecule has 32 heavy (non-hydrogen) atoms. The van der Waals surface area contributed by atoms with Crippen LogP contribution in [0.3, 0.4) is 0 Å². The van der Waals surface area contributed by atoms with Crippen LogP contribution in [0.2, 0.25) is 0 Å². The van der Waals surface area contributed by atoms with Crippen molar-refractivity contribution in [1.29, 1.82) is 0 Å². The molecule has 3 aromatic rings. The van der Waals surface area contributed by atoms with Gasteiger partial charge in [-0.3, -0.25) is 4.39 Å². The van der Waals surface area contributed by atoms with Crippen LogP contribution in [-0.2, 0) is 0 Å². The van der Waals surface area contributed by atoms with Crippen LogP contribution in [0.25, 0.3) is 23.6 Å². The molecule has 7 heteroatoms. The molecule has 1 atom stereocenters. The monoisotopic (exact) mass is 436 g/mol.